The summed E-state index contributed by atoms with van der Waals surface area (Å²) >= 11 is 0. The average Bonchev–Trinajstić information content (AvgIpc) is 2.55. The van der Waals surface area contributed by atoms with Crippen molar-refractivity contribution >= 4 is 5.91 Å². The van der Waals surface area contributed by atoms with E-state index >= 15 is 0 Å². The Balaban J connectivity index is 1.70. The molecule has 1 N–H and O–H groups in total. The minimum atomic E-state index is -0.177. The van der Waals surface area contributed by atoms with Gasteiger partial charge in [0.2, 0.25) is 0 Å². The number of hydrogen-bond acceptors (Lipinski definition) is 5. The van der Waals surface area contributed by atoms with E-state index < -0.39 is 0 Å². The topological polar surface area (TPSA) is 73.6 Å². The zero-order valence-electron chi connectivity index (χ0n) is 8.36. The van der Waals surface area contributed by atoms with Gasteiger partial charge in [0, 0.05) is 6.07 Å². The molecule has 15 heavy (non-hydrogen) atoms. The number of carbonyl (C=O) groups excluding carboxylic acids is 1. The lowest BCUT2D eigenvalue weighted by atomic mass is 10.2. The van der Waals surface area contributed by atoms with Crippen LogP contribution < -0.4 is 10.1 Å². The summed E-state index contributed by atoms with van der Waals surface area (Å²) in [6.45, 7) is 2.86. The maximum absolute atomic E-state index is 11.3. The van der Waals surface area contributed by atoms with E-state index in [9.17, 15) is 4.79 Å². The molecule has 2 heterocycles. The quantitative estimate of drug-likeness (QED) is 0.753. The number of aromatic nitrogens is 1. The maximum Gasteiger partial charge on any atom is 0.258 e. The molecule has 1 aliphatic rings. The van der Waals surface area contributed by atoms with Gasteiger partial charge in [-0.25, -0.2) is 0 Å². The van der Waals surface area contributed by atoms with Gasteiger partial charge in [0.15, 0.2) is 6.61 Å². The molecule has 1 fully saturated rings. The molecule has 0 aromatic carbocycles. The van der Waals surface area contributed by atoms with Gasteiger partial charge in [-0.1, -0.05) is 0 Å². The van der Waals surface area contributed by atoms with Crippen molar-refractivity contribution in [2.75, 3.05) is 19.8 Å². The second-order valence-electron chi connectivity index (χ2n) is 3.37. The van der Waals surface area contributed by atoms with Crippen molar-refractivity contribution < 1.29 is 18.8 Å². The van der Waals surface area contributed by atoms with Crippen LogP contribution in [0.4, 0.5) is 0 Å². The molecular weight excluding hydrogens is 200 g/mol. The molecule has 6 heteroatoms. The van der Waals surface area contributed by atoms with E-state index in [1.165, 1.54) is 0 Å². The normalized spacial score (nSPS) is 15.8. The maximum atomic E-state index is 11.3. The average molecular weight is 212 g/mol. The van der Waals surface area contributed by atoms with E-state index in [-0.39, 0.29) is 18.6 Å². The van der Waals surface area contributed by atoms with E-state index in [4.69, 9.17) is 14.0 Å². The fourth-order valence-corrected chi connectivity index (χ4v) is 1.14. The second kappa shape index (κ2) is 4.31. The summed E-state index contributed by atoms with van der Waals surface area (Å²) < 4.78 is 14.8. The minimum absolute atomic E-state index is 0.0531. The van der Waals surface area contributed by atoms with E-state index in [0.717, 1.165) is 0 Å². The first kappa shape index (κ1) is 9.97. The largest absolute Gasteiger partial charge is 0.465 e. The summed E-state index contributed by atoms with van der Waals surface area (Å²) in [6, 6.07) is 1.75. The third-order valence-electron chi connectivity index (χ3n) is 1.96. The Labute approximate surface area is 86.5 Å². The molecule has 1 aromatic rings. The molecule has 0 spiro atoms. The number of ether oxygens (including phenoxy) is 2. The number of nitrogens with zero attached hydrogens (tertiary/aromatic N) is 1. The fraction of sp³-hybridized carbons (Fsp3) is 0.556. The molecule has 1 saturated heterocycles. The third kappa shape index (κ3) is 2.69. The third-order valence-corrected chi connectivity index (χ3v) is 1.96. The predicted molar refractivity (Wildman–Crippen MR) is 49.5 cm³/mol. The Morgan fingerprint density at radius 3 is 3.07 bits per heavy atom. The molecule has 0 aliphatic carbocycles. The van der Waals surface area contributed by atoms with Crippen LogP contribution in [0.2, 0.25) is 0 Å². The van der Waals surface area contributed by atoms with Gasteiger partial charge in [-0.2, -0.15) is 0 Å². The zero-order valence-corrected chi connectivity index (χ0v) is 8.36. The lowest BCUT2D eigenvalue weighted by Gasteiger charge is -2.26. The highest BCUT2D eigenvalue weighted by molar-refractivity contribution is 5.77. The number of nitrogens with one attached hydrogen (secondary N) is 1. The van der Waals surface area contributed by atoms with Gasteiger partial charge in [-0.05, 0) is 12.1 Å². The van der Waals surface area contributed by atoms with E-state index in [2.05, 4.69) is 10.5 Å². The van der Waals surface area contributed by atoms with Gasteiger partial charge in [0.1, 0.15) is 5.76 Å². The smallest absolute Gasteiger partial charge is 0.258 e. The van der Waals surface area contributed by atoms with Crippen LogP contribution in [0.1, 0.15) is 5.76 Å². The molecule has 0 atom stereocenters. The number of rotatable bonds is 4. The monoisotopic (exact) mass is 212 g/mol. The standard InChI is InChI=1S/C9H12N2O4/c1-6-2-9(11-15-6)14-5-8(12)10-7-3-13-4-7/h2,7H,3-5H2,1H3,(H,10,12). The Morgan fingerprint density at radius 1 is 1.73 bits per heavy atom. The predicted octanol–water partition coefficient (Wildman–Crippen LogP) is -0.123. The number of amides is 1. The summed E-state index contributed by atoms with van der Waals surface area (Å²) in [6.07, 6.45) is 0. The van der Waals surface area contributed by atoms with Crippen molar-refractivity contribution in [2.24, 2.45) is 0 Å². The van der Waals surface area contributed by atoms with Gasteiger partial charge >= 0.3 is 0 Å². The zero-order chi connectivity index (χ0) is 10.7. The fourth-order valence-electron chi connectivity index (χ4n) is 1.14. The summed E-state index contributed by atoms with van der Waals surface area (Å²) in [5.41, 5.74) is 0. The highest BCUT2D eigenvalue weighted by Gasteiger charge is 2.20. The van der Waals surface area contributed by atoms with E-state index in [0.29, 0.717) is 24.9 Å². The molecule has 0 bridgehead atoms. The van der Waals surface area contributed by atoms with Crippen LogP contribution in [-0.4, -0.2) is 36.9 Å². The first-order valence-corrected chi connectivity index (χ1v) is 4.67. The molecule has 2 rings (SSSR count). The molecule has 0 radical (unpaired) electrons. The summed E-state index contributed by atoms with van der Waals surface area (Å²) in [4.78, 5) is 11.3. The lowest BCUT2D eigenvalue weighted by Crippen LogP contribution is -2.49. The van der Waals surface area contributed by atoms with Gasteiger partial charge in [-0.15, -0.1) is 0 Å². The van der Waals surface area contributed by atoms with Gasteiger partial charge < -0.3 is 19.3 Å². The number of hydrogen-bond donors (Lipinski definition) is 1. The molecule has 1 aromatic heterocycles. The number of aryl methyl sites for hydroxylation is 1. The second-order valence-corrected chi connectivity index (χ2v) is 3.37. The van der Waals surface area contributed by atoms with Crippen molar-refractivity contribution in [1.82, 2.24) is 10.5 Å². The Kier molecular flexibility index (Phi) is 2.86. The van der Waals surface area contributed by atoms with Crippen LogP contribution in [0.5, 0.6) is 5.88 Å². The SMILES string of the molecule is Cc1cc(OCC(=O)NC2COC2)no1. The van der Waals surface area contributed by atoms with Crippen LogP contribution in [0.15, 0.2) is 10.6 Å². The van der Waals surface area contributed by atoms with Crippen LogP contribution in [-0.2, 0) is 9.53 Å². The summed E-state index contributed by atoms with van der Waals surface area (Å²) in [5.74, 6) is 0.800. The van der Waals surface area contributed by atoms with Crippen molar-refractivity contribution in [3.8, 4) is 5.88 Å². The van der Waals surface area contributed by atoms with Gasteiger partial charge in [-0.3, -0.25) is 4.79 Å². The molecule has 0 saturated carbocycles. The summed E-state index contributed by atoms with van der Waals surface area (Å²) in [7, 11) is 0. The Bertz CT molecular complexity index is 346. The Hall–Kier alpha value is -1.56. The van der Waals surface area contributed by atoms with E-state index in [1.54, 1.807) is 13.0 Å². The molecular formula is C9H12N2O4. The van der Waals surface area contributed by atoms with Crippen LogP contribution >= 0.6 is 0 Å². The lowest BCUT2D eigenvalue weighted by molar-refractivity contribution is -0.127. The summed E-state index contributed by atoms with van der Waals surface area (Å²) in [5, 5.41) is 6.35. The molecule has 0 unspecified atom stereocenters. The van der Waals surface area contributed by atoms with Crippen LogP contribution in [0, 0.1) is 6.92 Å². The van der Waals surface area contributed by atoms with Crippen molar-refractivity contribution in [3.63, 3.8) is 0 Å². The first-order valence-electron chi connectivity index (χ1n) is 4.67. The highest BCUT2D eigenvalue weighted by atomic mass is 16.5. The Morgan fingerprint density at radius 2 is 2.53 bits per heavy atom. The van der Waals surface area contributed by atoms with Crippen molar-refractivity contribution in [2.45, 2.75) is 13.0 Å². The van der Waals surface area contributed by atoms with Crippen LogP contribution in [0.3, 0.4) is 0 Å². The van der Waals surface area contributed by atoms with Crippen LogP contribution in [0.25, 0.3) is 0 Å². The van der Waals surface area contributed by atoms with Crippen molar-refractivity contribution in [1.29, 1.82) is 0 Å². The highest BCUT2D eigenvalue weighted by Crippen LogP contribution is 2.09. The van der Waals surface area contributed by atoms with E-state index in [1.807, 2.05) is 0 Å². The first-order chi connectivity index (χ1) is 7.24. The number of carbonyl (C=O) groups is 1. The molecule has 82 valence electrons. The molecule has 1 aliphatic heterocycles. The van der Waals surface area contributed by atoms with Gasteiger partial charge in [0.05, 0.1) is 19.3 Å². The van der Waals surface area contributed by atoms with Gasteiger partial charge in [0.25, 0.3) is 11.8 Å². The molecule has 6 nitrogen and oxygen atoms in total. The molecule has 1 amide bonds. The minimum Gasteiger partial charge on any atom is -0.465 e. The van der Waals surface area contributed by atoms with Crippen molar-refractivity contribution in [3.05, 3.63) is 11.8 Å².